The second-order valence-corrected chi connectivity index (χ2v) is 17.8. The summed E-state index contributed by atoms with van der Waals surface area (Å²) < 4.78 is 66.0. The minimum Gasteiger partial charge on any atom is -0.503 e. The molecule has 4 aromatic heterocycles. The number of rotatable bonds is 21. The minimum absolute atomic E-state index is 0.174. The van der Waals surface area contributed by atoms with E-state index in [2.05, 4.69) is 19.9 Å². The zero-order valence-corrected chi connectivity index (χ0v) is 42.2. The third kappa shape index (κ3) is 9.52. The highest BCUT2D eigenvalue weighted by molar-refractivity contribution is 6.37. The van der Waals surface area contributed by atoms with Crippen molar-refractivity contribution < 1.29 is 45.7 Å². The number of hydrogen-bond donors (Lipinski definition) is 4. The summed E-state index contributed by atoms with van der Waals surface area (Å²) in [6, 6.07) is 15.7. The highest BCUT2D eigenvalue weighted by atomic mass is 19.2. The molecule has 0 atom stereocenters. The van der Waals surface area contributed by atoms with Crippen molar-refractivity contribution in [3.63, 3.8) is 0 Å². The van der Waals surface area contributed by atoms with E-state index >= 15 is 0 Å². The fraction of sp³-hybridized carbons (Fsp3) is 0.286. The van der Waals surface area contributed by atoms with Crippen molar-refractivity contribution in [2.45, 2.75) is 107 Å². The summed E-state index contributed by atoms with van der Waals surface area (Å²) in [5.74, 6) is -2.89. The number of para-hydroxylation sites is 1. The molecule has 0 saturated carbocycles. The zero-order chi connectivity index (χ0) is 52.4. The lowest BCUT2D eigenvalue weighted by molar-refractivity contribution is 0.0891. The van der Waals surface area contributed by atoms with Gasteiger partial charge in [-0.15, -0.1) is 0 Å². The van der Waals surface area contributed by atoms with Crippen molar-refractivity contribution in [3.8, 4) is 22.5 Å². The number of H-pyrrole nitrogens is 4. The molecule has 3 aromatic carbocycles. The molecule has 0 saturated heterocycles. The summed E-state index contributed by atoms with van der Waals surface area (Å²) in [4.78, 5) is 72.3. The molecule has 11 nitrogen and oxygen atoms in total. The van der Waals surface area contributed by atoms with Crippen molar-refractivity contribution in [3.05, 3.63) is 158 Å². The van der Waals surface area contributed by atoms with E-state index in [4.69, 9.17) is 9.31 Å². The third-order valence-corrected chi connectivity index (χ3v) is 13.9. The van der Waals surface area contributed by atoms with Gasteiger partial charge in [0, 0.05) is 52.4 Å². The Balaban J connectivity index is 1.33. The quantitative estimate of drug-likeness (QED) is 0.0140. The van der Waals surface area contributed by atoms with Crippen molar-refractivity contribution >= 4 is 66.3 Å². The Morgan fingerprint density at radius 1 is 0.534 bits per heavy atom. The van der Waals surface area contributed by atoms with Gasteiger partial charge in [-0.25, -0.2) is 22.2 Å². The fourth-order valence-corrected chi connectivity index (χ4v) is 10.7. The van der Waals surface area contributed by atoms with E-state index in [0.717, 1.165) is 50.4 Å². The van der Waals surface area contributed by atoms with Crippen LogP contribution in [0.2, 0.25) is 0 Å². The van der Waals surface area contributed by atoms with Crippen LogP contribution in [-0.2, 0) is 60.7 Å². The minimum atomic E-state index is -3.20. The lowest BCUT2D eigenvalue weighted by atomic mass is 9.87. The number of aromatic amines is 4. The molecule has 8 rings (SSSR count). The molecule has 0 bridgehead atoms. The number of anilines is 1. The predicted molar refractivity (Wildman–Crippen MR) is 280 cm³/mol. The SMILES string of the molecule is CCc1c[nH]c(/C(=C/C(=O)c2[nH]c(-c3cc4c5c(cc(-c6[nH]c(C(=O)/C=C(\OB(F)F)c7[nH]cc(CC)c7CC)c(CC)c6CC)cc5c3)C(=O)N(c3ccccc3)C4=O)c(CC)c2CC)OB(F)F)c1CC. The molecular formula is C56H57B2F4N5O6. The van der Waals surface area contributed by atoms with Crippen LogP contribution in [0.15, 0.2) is 79.1 Å². The number of aromatic nitrogens is 4. The standard InChI is InChI=1S/C56H57B2F4N5O6/c1-9-30-28-63-53(36(30)11-3)46(72-57(59)60)26-44(68)51-40(15-7)38(13-5)49(65-51)33-22-32-23-34(25-43-48(32)42(24-33)55(70)67(56(43)71)35-20-18-17-19-21-35)50-39(14-6)41(16-8)52(66-50)45(69)27-47(73-58(61)62)54-37(12-4)31(10-2)29-64-54/h17-29,63-66H,9-16H2,1-8H3/b46-26-,47-27-. The Morgan fingerprint density at radius 3 is 1.29 bits per heavy atom. The van der Waals surface area contributed by atoms with Crippen LogP contribution in [0.25, 0.3) is 44.8 Å². The summed E-state index contributed by atoms with van der Waals surface area (Å²) in [5.41, 5.74) is 10.1. The molecule has 0 unspecified atom stereocenters. The van der Waals surface area contributed by atoms with Crippen molar-refractivity contribution in [2.24, 2.45) is 0 Å². The molecule has 1 aliphatic heterocycles. The summed E-state index contributed by atoms with van der Waals surface area (Å²) in [6.07, 6.45) is 9.64. The van der Waals surface area contributed by atoms with Gasteiger partial charge in [0.25, 0.3) is 11.8 Å². The van der Waals surface area contributed by atoms with Crippen molar-refractivity contribution in [2.75, 3.05) is 4.90 Å². The number of allylic oxidation sites excluding steroid dienone is 2. The van der Waals surface area contributed by atoms with Gasteiger partial charge in [0.2, 0.25) is 11.6 Å². The smallest absolute Gasteiger partial charge is 0.503 e. The Bertz CT molecular complexity index is 3150. The average molecular weight is 994 g/mol. The van der Waals surface area contributed by atoms with Gasteiger partial charge in [-0.2, -0.15) is 0 Å². The molecule has 376 valence electrons. The third-order valence-electron chi connectivity index (χ3n) is 13.9. The lowest BCUT2D eigenvalue weighted by Gasteiger charge is -2.28. The first-order valence-corrected chi connectivity index (χ1v) is 25.0. The number of benzene rings is 3. The maximum absolute atomic E-state index is 14.8. The predicted octanol–water partition coefficient (Wildman–Crippen LogP) is 13.1. The average Bonchev–Trinajstić information content (AvgIpc) is 4.19. The largest absolute Gasteiger partial charge is 0.796 e. The van der Waals surface area contributed by atoms with Crippen LogP contribution in [0, 0.1) is 0 Å². The number of amides is 2. The molecule has 5 heterocycles. The first-order chi connectivity index (χ1) is 35.2. The van der Waals surface area contributed by atoms with Crippen LogP contribution in [0.1, 0.15) is 153 Å². The van der Waals surface area contributed by atoms with Crippen LogP contribution in [0.4, 0.5) is 23.0 Å². The van der Waals surface area contributed by atoms with E-state index in [0.29, 0.717) is 113 Å². The van der Waals surface area contributed by atoms with E-state index < -0.39 is 38.3 Å². The summed E-state index contributed by atoms with van der Waals surface area (Å²) in [7, 11) is -6.40. The monoisotopic (exact) mass is 993 g/mol. The lowest BCUT2D eigenvalue weighted by Crippen LogP contribution is -2.40. The van der Waals surface area contributed by atoms with Crippen LogP contribution in [0.5, 0.6) is 0 Å². The molecule has 4 N–H and O–H groups in total. The van der Waals surface area contributed by atoms with Crippen LogP contribution in [-0.4, -0.2) is 58.3 Å². The number of hydrogen-bond acceptors (Lipinski definition) is 6. The highest BCUT2D eigenvalue weighted by Gasteiger charge is 2.37. The Labute approximate surface area is 422 Å². The van der Waals surface area contributed by atoms with Crippen LogP contribution in [0.3, 0.4) is 0 Å². The molecule has 73 heavy (non-hydrogen) atoms. The van der Waals surface area contributed by atoms with Gasteiger partial charge in [-0.1, -0.05) is 73.6 Å². The highest BCUT2D eigenvalue weighted by Crippen LogP contribution is 2.42. The van der Waals surface area contributed by atoms with E-state index in [1.165, 1.54) is 0 Å². The molecule has 0 aliphatic carbocycles. The van der Waals surface area contributed by atoms with Gasteiger partial charge in [-0.05, 0) is 149 Å². The number of aryl methyl sites for hydroxylation is 2. The van der Waals surface area contributed by atoms with Gasteiger partial charge in [0.05, 0.1) is 28.5 Å². The molecule has 2 amide bonds. The molecule has 0 radical (unpaired) electrons. The van der Waals surface area contributed by atoms with E-state index in [-0.39, 0.29) is 34.0 Å². The first-order valence-electron chi connectivity index (χ1n) is 25.0. The molecule has 7 aromatic rings. The number of carbonyl (C=O) groups is 4. The second kappa shape index (κ2) is 21.7. The van der Waals surface area contributed by atoms with Gasteiger partial charge in [0.15, 0.2) is 0 Å². The summed E-state index contributed by atoms with van der Waals surface area (Å²) in [5, 5.41) is 0.917. The van der Waals surface area contributed by atoms with Crippen molar-refractivity contribution in [1.82, 2.24) is 19.9 Å². The number of halogens is 4. The molecule has 1 aliphatic rings. The summed E-state index contributed by atoms with van der Waals surface area (Å²) >= 11 is 0. The van der Waals surface area contributed by atoms with E-state index in [1.807, 2.05) is 67.5 Å². The van der Waals surface area contributed by atoms with Crippen LogP contribution >= 0.6 is 0 Å². The van der Waals surface area contributed by atoms with Gasteiger partial charge in [-0.3, -0.25) is 19.2 Å². The summed E-state index contributed by atoms with van der Waals surface area (Å²) in [6.45, 7) is 15.4. The zero-order valence-electron chi connectivity index (χ0n) is 42.2. The topological polar surface area (TPSA) is 153 Å². The molecular weight excluding hydrogens is 936 g/mol. The Morgan fingerprint density at radius 2 is 0.932 bits per heavy atom. The van der Waals surface area contributed by atoms with Gasteiger partial charge < -0.3 is 29.2 Å². The molecule has 17 heteroatoms. The number of imide groups is 1. The molecule has 0 fully saturated rings. The maximum atomic E-state index is 14.8. The second-order valence-electron chi connectivity index (χ2n) is 17.8. The van der Waals surface area contributed by atoms with Gasteiger partial charge in [0.1, 0.15) is 11.5 Å². The first kappa shape index (κ1) is 51.8. The molecule has 0 spiro atoms. The van der Waals surface area contributed by atoms with Crippen LogP contribution < -0.4 is 4.90 Å². The Kier molecular flexibility index (Phi) is 15.4. The van der Waals surface area contributed by atoms with Gasteiger partial charge >= 0.3 is 14.9 Å². The Hall–Kier alpha value is -7.55. The normalized spacial score (nSPS) is 12.8. The maximum Gasteiger partial charge on any atom is 0.796 e. The fourth-order valence-electron chi connectivity index (χ4n) is 10.7. The number of nitrogens with zero attached hydrogens (tertiary/aromatic N) is 1. The van der Waals surface area contributed by atoms with Crippen molar-refractivity contribution in [1.29, 1.82) is 0 Å². The van der Waals surface area contributed by atoms with E-state index in [1.54, 1.807) is 54.9 Å². The number of nitrogens with one attached hydrogen (secondary N) is 4. The van der Waals surface area contributed by atoms with E-state index in [9.17, 15) is 36.4 Å². The number of carbonyl (C=O) groups excluding carboxylic acids is 4. The number of ketones is 2.